The fraction of sp³-hybridized carbons (Fsp3) is 0.556. The smallest absolute Gasteiger partial charge is 0.224 e. The van der Waals surface area contributed by atoms with Gasteiger partial charge in [0.15, 0.2) is 0 Å². The van der Waals surface area contributed by atoms with Gasteiger partial charge in [-0.15, -0.1) is 0 Å². The average Bonchev–Trinajstić information content (AvgIpc) is 2.14. The lowest BCUT2D eigenvalue weighted by Gasteiger charge is -2.18. The number of rotatable bonds is 4. The van der Waals surface area contributed by atoms with Gasteiger partial charge in [0, 0.05) is 19.8 Å². The standard InChI is InChI=1S/C9H14ClN3O/c1-7(14)4-6-13(2)8-3-5-11-9(10)12-8/h3,5,7,14H,4,6H2,1-2H3. The first-order chi connectivity index (χ1) is 6.59. The summed E-state index contributed by atoms with van der Waals surface area (Å²) in [6, 6.07) is 1.79. The Kier molecular flexibility index (Phi) is 4.10. The van der Waals surface area contributed by atoms with Crippen molar-refractivity contribution < 1.29 is 5.11 Å². The Morgan fingerprint density at radius 3 is 2.93 bits per heavy atom. The van der Waals surface area contributed by atoms with Gasteiger partial charge >= 0.3 is 0 Å². The minimum absolute atomic E-state index is 0.242. The van der Waals surface area contributed by atoms with Gasteiger partial charge in [0.1, 0.15) is 5.82 Å². The second-order valence-corrected chi connectivity index (χ2v) is 3.58. The predicted octanol–water partition coefficient (Wildman–Crippen LogP) is 1.34. The molecule has 14 heavy (non-hydrogen) atoms. The van der Waals surface area contributed by atoms with E-state index in [1.807, 2.05) is 11.9 Å². The summed E-state index contributed by atoms with van der Waals surface area (Å²) in [5, 5.41) is 9.36. The van der Waals surface area contributed by atoms with Crippen molar-refractivity contribution in [3.05, 3.63) is 17.5 Å². The van der Waals surface area contributed by atoms with Gasteiger partial charge in [0.05, 0.1) is 6.10 Å². The monoisotopic (exact) mass is 215 g/mol. The van der Waals surface area contributed by atoms with Crippen LogP contribution in [0.25, 0.3) is 0 Å². The molecule has 1 N–H and O–H groups in total. The van der Waals surface area contributed by atoms with Crippen LogP contribution in [0.15, 0.2) is 12.3 Å². The average molecular weight is 216 g/mol. The molecule has 0 aliphatic heterocycles. The molecule has 0 fully saturated rings. The van der Waals surface area contributed by atoms with E-state index in [2.05, 4.69) is 9.97 Å². The molecule has 1 rings (SSSR count). The minimum atomic E-state index is -0.297. The Labute approximate surface area is 88.6 Å². The summed E-state index contributed by atoms with van der Waals surface area (Å²) in [4.78, 5) is 9.78. The molecule has 1 aromatic rings. The van der Waals surface area contributed by atoms with Crippen molar-refractivity contribution >= 4 is 17.4 Å². The molecule has 1 heterocycles. The fourth-order valence-corrected chi connectivity index (χ4v) is 1.18. The largest absolute Gasteiger partial charge is 0.393 e. The first-order valence-corrected chi connectivity index (χ1v) is 4.85. The number of nitrogens with zero attached hydrogens (tertiary/aromatic N) is 3. The molecule has 0 aliphatic rings. The molecule has 1 aromatic heterocycles. The molecule has 5 heteroatoms. The van der Waals surface area contributed by atoms with Crippen LogP contribution >= 0.6 is 11.6 Å². The van der Waals surface area contributed by atoms with E-state index in [9.17, 15) is 0 Å². The zero-order chi connectivity index (χ0) is 10.6. The van der Waals surface area contributed by atoms with Crippen molar-refractivity contribution in [1.29, 1.82) is 0 Å². The summed E-state index contributed by atoms with van der Waals surface area (Å²) in [6.45, 7) is 2.51. The van der Waals surface area contributed by atoms with E-state index in [4.69, 9.17) is 16.7 Å². The summed E-state index contributed by atoms with van der Waals surface area (Å²) >= 11 is 5.65. The van der Waals surface area contributed by atoms with Gasteiger partial charge in [0.25, 0.3) is 0 Å². The first kappa shape index (κ1) is 11.2. The van der Waals surface area contributed by atoms with Gasteiger partial charge in [-0.2, -0.15) is 0 Å². The SMILES string of the molecule is CC(O)CCN(C)c1ccnc(Cl)n1. The van der Waals surface area contributed by atoms with Crippen LogP contribution in [-0.4, -0.2) is 34.8 Å². The molecule has 0 saturated carbocycles. The number of aromatic nitrogens is 2. The fourth-order valence-electron chi connectivity index (χ4n) is 1.03. The molecule has 0 saturated heterocycles. The maximum atomic E-state index is 9.12. The molecule has 0 aliphatic carbocycles. The molecular weight excluding hydrogens is 202 g/mol. The van der Waals surface area contributed by atoms with E-state index in [0.29, 0.717) is 6.42 Å². The number of hydrogen-bond acceptors (Lipinski definition) is 4. The number of anilines is 1. The summed E-state index contributed by atoms with van der Waals surface area (Å²) in [5.74, 6) is 0.769. The molecule has 1 atom stereocenters. The Balaban J connectivity index is 2.56. The third-order valence-corrected chi connectivity index (χ3v) is 2.07. The van der Waals surface area contributed by atoms with E-state index in [-0.39, 0.29) is 11.4 Å². The Hall–Kier alpha value is -0.870. The van der Waals surface area contributed by atoms with Gasteiger partial charge in [0.2, 0.25) is 5.28 Å². The Bertz CT molecular complexity index is 293. The summed E-state index contributed by atoms with van der Waals surface area (Å²) in [5.41, 5.74) is 0. The van der Waals surface area contributed by atoms with Crippen LogP contribution in [0, 0.1) is 0 Å². The molecule has 0 bridgehead atoms. The lowest BCUT2D eigenvalue weighted by molar-refractivity contribution is 0.187. The summed E-state index contributed by atoms with van der Waals surface area (Å²) in [7, 11) is 1.90. The normalized spacial score (nSPS) is 12.6. The highest BCUT2D eigenvalue weighted by Crippen LogP contribution is 2.10. The molecule has 0 spiro atoms. The van der Waals surface area contributed by atoms with Crippen molar-refractivity contribution in [3.8, 4) is 0 Å². The van der Waals surface area contributed by atoms with Crippen molar-refractivity contribution in [1.82, 2.24) is 9.97 Å². The molecule has 78 valence electrons. The number of aliphatic hydroxyl groups is 1. The molecule has 0 amide bonds. The highest BCUT2D eigenvalue weighted by atomic mass is 35.5. The number of halogens is 1. The number of hydrogen-bond donors (Lipinski definition) is 1. The van der Waals surface area contributed by atoms with Crippen molar-refractivity contribution in [2.75, 3.05) is 18.5 Å². The minimum Gasteiger partial charge on any atom is -0.393 e. The van der Waals surface area contributed by atoms with Crippen LogP contribution in [0.1, 0.15) is 13.3 Å². The van der Waals surface area contributed by atoms with Crippen molar-refractivity contribution in [2.45, 2.75) is 19.4 Å². The van der Waals surface area contributed by atoms with Crippen LogP contribution in [-0.2, 0) is 0 Å². The summed E-state index contributed by atoms with van der Waals surface area (Å²) < 4.78 is 0. The maximum Gasteiger partial charge on any atom is 0.224 e. The second kappa shape index (κ2) is 5.12. The van der Waals surface area contributed by atoms with Gasteiger partial charge in [-0.25, -0.2) is 9.97 Å². The van der Waals surface area contributed by atoms with Crippen LogP contribution in [0.5, 0.6) is 0 Å². The van der Waals surface area contributed by atoms with E-state index >= 15 is 0 Å². The predicted molar refractivity (Wildman–Crippen MR) is 56.6 cm³/mol. The van der Waals surface area contributed by atoms with Crippen LogP contribution < -0.4 is 4.90 Å². The lowest BCUT2D eigenvalue weighted by atomic mass is 10.3. The van der Waals surface area contributed by atoms with Gasteiger partial charge in [-0.1, -0.05) is 0 Å². The highest BCUT2D eigenvalue weighted by molar-refractivity contribution is 6.28. The molecule has 0 radical (unpaired) electrons. The lowest BCUT2D eigenvalue weighted by Crippen LogP contribution is -2.22. The molecular formula is C9H14ClN3O. The Morgan fingerprint density at radius 1 is 1.64 bits per heavy atom. The second-order valence-electron chi connectivity index (χ2n) is 3.24. The van der Waals surface area contributed by atoms with Gasteiger partial charge in [-0.05, 0) is 31.0 Å². The molecule has 0 aromatic carbocycles. The van der Waals surface area contributed by atoms with E-state index in [1.54, 1.807) is 19.2 Å². The van der Waals surface area contributed by atoms with Gasteiger partial charge < -0.3 is 10.0 Å². The third-order valence-electron chi connectivity index (χ3n) is 1.88. The van der Waals surface area contributed by atoms with Crippen molar-refractivity contribution in [2.24, 2.45) is 0 Å². The van der Waals surface area contributed by atoms with Crippen LogP contribution in [0.2, 0.25) is 5.28 Å². The topological polar surface area (TPSA) is 49.2 Å². The Morgan fingerprint density at radius 2 is 2.36 bits per heavy atom. The zero-order valence-corrected chi connectivity index (χ0v) is 9.07. The first-order valence-electron chi connectivity index (χ1n) is 4.47. The molecule has 1 unspecified atom stereocenters. The van der Waals surface area contributed by atoms with E-state index in [1.165, 1.54) is 0 Å². The zero-order valence-electron chi connectivity index (χ0n) is 8.31. The third kappa shape index (κ3) is 3.47. The molecule has 4 nitrogen and oxygen atoms in total. The van der Waals surface area contributed by atoms with Crippen LogP contribution in [0.3, 0.4) is 0 Å². The summed E-state index contributed by atoms with van der Waals surface area (Å²) in [6.07, 6.45) is 2.02. The van der Waals surface area contributed by atoms with Gasteiger partial charge in [-0.3, -0.25) is 0 Å². The maximum absolute atomic E-state index is 9.12. The van der Waals surface area contributed by atoms with Crippen molar-refractivity contribution in [3.63, 3.8) is 0 Å². The quantitative estimate of drug-likeness (QED) is 0.771. The van der Waals surface area contributed by atoms with Crippen LogP contribution in [0.4, 0.5) is 5.82 Å². The highest BCUT2D eigenvalue weighted by Gasteiger charge is 2.04. The van der Waals surface area contributed by atoms with E-state index in [0.717, 1.165) is 12.4 Å². The van der Waals surface area contributed by atoms with E-state index < -0.39 is 0 Å². The number of aliphatic hydroxyl groups excluding tert-OH is 1.